The molecule has 1 amide bonds. The molecular weight excluding hydrogens is 518 g/mol. The van der Waals surface area contributed by atoms with Crippen molar-refractivity contribution < 1.29 is 17.9 Å². The third-order valence-electron chi connectivity index (χ3n) is 7.46. The molecule has 3 aromatic rings. The number of hydrogen-bond acceptors (Lipinski definition) is 6. The molecule has 1 saturated carbocycles. The molecular formula is C29H37N3O4S2. The lowest BCUT2D eigenvalue weighted by molar-refractivity contribution is 0.0696. The Bertz CT molecular complexity index is 1390. The van der Waals surface area contributed by atoms with E-state index in [1.54, 1.807) is 6.07 Å². The molecule has 1 saturated heterocycles. The smallest absolute Gasteiger partial charge is 0.280 e. The SMILES string of the molecule is CC(C)NS(=O)(=O)c1ccc(-c2sc(C(=O)NC3CCOCC3)nc2CC2CCCCC2)c2ccccc12. The Morgan fingerprint density at radius 3 is 2.45 bits per heavy atom. The summed E-state index contributed by atoms with van der Waals surface area (Å²) >= 11 is 1.42. The fourth-order valence-corrected chi connectivity index (χ4v) is 8.13. The van der Waals surface area contributed by atoms with E-state index >= 15 is 0 Å². The second-order valence-corrected chi connectivity index (χ2v) is 13.5. The number of hydrogen-bond donors (Lipinski definition) is 2. The highest BCUT2D eigenvalue weighted by Crippen LogP contribution is 2.40. The van der Waals surface area contributed by atoms with E-state index in [-0.39, 0.29) is 22.9 Å². The Morgan fingerprint density at radius 2 is 1.74 bits per heavy atom. The average molecular weight is 556 g/mol. The first-order valence-corrected chi connectivity index (χ1v) is 16.0. The van der Waals surface area contributed by atoms with Gasteiger partial charge in [0.15, 0.2) is 5.01 Å². The summed E-state index contributed by atoms with van der Waals surface area (Å²) in [6, 6.07) is 11.1. The second kappa shape index (κ2) is 11.8. The first kappa shape index (κ1) is 27.2. The average Bonchev–Trinajstić information content (AvgIpc) is 3.32. The van der Waals surface area contributed by atoms with E-state index in [1.165, 1.54) is 43.4 Å². The zero-order valence-corrected chi connectivity index (χ0v) is 23.8. The lowest BCUT2D eigenvalue weighted by Gasteiger charge is -2.22. The number of sulfonamides is 1. The highest BCUT2D eigenvalue weighted by Gasteiger charge is 2.26. The number of carbonyl (C=O) groups excluding carboxylic acids is 1. The minimum absolute atomic E-state index is 0.101. The lowest BCUT2D eigenvalue weighted by Crippen LogP contribution is -2.38. The Labute approximate surface area is 229 Å². The molecule has 1 aromatic heterocycles. The molecule has 2 aromatic carbocycles. The van der Waals surface area contributed by atoms with Crippen molar-refractivity contribution in [3.8, 4) is 10.4 Å². The van der Waals surface area contributed by atoms with Crippen molar-refractivity contribution in [3.05, 3.63) is 47.1 Å². The number of thiazole rings is 1. The number of carbonyl (C=O) groups is 1. The molecule has 2 heterocycles. The largest absolute Gasteiger partial charge is 0.381 e. The van der Waals surface area contributed by atoms with Crippen LogP contribution in [0.25, 0.3) is 21.2 Å². The molecule has 2 fully saturated rings. The van der Waals surface area contributed by atoms with Crippen LogP contribution >= 0.6 is 11.3 Å². The molecule has 0 radical (unpaired) electrons. The van der Waals surface area contributed by atoms with Gasteiger partial charge in [0.1, 0.15) is 0 Å². The van der Waals surface area contributed by atoms with Crippen LogP contribution < -0.4 is 10.0 Å². The van der Waals surface area contributed by atoms with Crippen molar-refractivity contribution in [1.82, 2.24) is 15.0 Å². The van der Waals surface area contributed by atoms with E-state index in [0.717, 1.165) is 40.8 Å². The van der Waals surface area contributed by atoms with Gasteiger partial charge in [0.25, 0.3) is 5.91 Å². The third kappa shape index (κ3) is 6.11. The predicted molar refractivity (Wildman–Crippen MR) is 152 cm³/mol. The number of benzene rings is 2. The monoisotopic (exact) mass is 555 g/mol. The van der Waals surface area contributed by atoms with Gasteiger partial charge in [0.05, 0.1) is 15.5 Å². The molecule has 1 aliphatic carbocycles. The van der Waals surface area contributed by atoms with Crippen LogP contribution in [0.2, 0.25) is 0 Å². The summed E-state index contributed by atoms with van der Waals surface area (Å²) in [7, 11) is -3.68. The Balaban J connectivity index is 1.56. The van der Waals surface area contributed by atoms with Crippen LogP contribution in [-0.2, 0) is 21.2 Å². The zero-order chi connectivity index (χ0) is 26.7. The first-order valence-electron chi connectivity index (χ1n) is 13.7. The van der Waals surface area contributed by atoms with Gasteiger partial charge in [0, 0.05) is 36.2 Å². The quantitative estimate of drug-likeness (QED) is 0.373. The van der Waals surface area contributed by atoms with Crippen LogP contribution in [0.15, 0.2) is 41.3 Å². The molecule has 5 rings (SSSR count). The highest BCUT2D eigenvalue weighted by atomic mass is 32.2. The molecule has 38 heavy (non-hydrogen) atoms. The number of aromatic nitrogens is 1. The standard InChI is InChI=1S/C29H37N3O4S2/c1-19(2)32-38(34,35)26-13-12-24(22-10-6-7-11-23(22)26)27-25(18-20-8-4-3-5-9-20)31-29(37-27)28(33)30-21-14-16-36-17-15-21/h6-7,10-13,19-21,32H,3-5,8-9,14-18H2,1-2H3,(H,30,33). The number of ether oxygens (including phenoxy) is 1. The molecule has 0 spiro atoms. The van der Waals surface area contributed by atoms with Gasteiger partial charge in [-0.15, -0.1) is 11.3 Å². The van der Waals surface area contributed by atoms with Crippen molar-refractivity contribution in [2.75, 3.05) is 13.2 Å². The summed E-state index contributed by atoms with van der Waals surface area (Å²) in [6.45, 7) is 4.95. The normalized spacial score (nSPS) is 17.8. The van der Waals surface area contributed by atoms with Gasteiger partial charge in [-0.25, -0.2) is 18.1 Å². The summed E-state index contributed by atoms with van der Waals surface area (Å²) in [5, 5.41) is 5.15. The molecule has 0 atom stereocenters. The van der Waals surface area contributed by atoms with Gasteiger partial charge in [-0.05, 0) is 50.5 Å². The zero-order valence-electron chi connectivity index (χ0n) is 22.2. The first-order chi connectivity index (χ1) is 18.3. The summed E-state index contributed by atoms with van der Waals surface area (Å²) in [5.74, 6) is 0.417. The van der Waals surface area contributed by atoms with E-state index < -0.39 is 10.0 Å². The van der Waals surface area contributed by atoms with Crippen LogP contribution in [0.5, 0.6) is 0 Å². The molecule has 9 heteroatoms. The van der Waals surface area contributed by atoms with Gasteiger partial charge in [0.2, 0.25) is 10.0 Å². The summed E-state index contributed by atoms with van der Waals surface area (Å²) in [5.41, 5.74) is 1.87. The minimum atomic E-state index is -3.68. The van der Waals surface area contributed by atoms with Crippen LogP contribution in [0.4, 0.5) is 0 Å². The number of fused-ring (bicyclic) bond motifs is 1. The second-order valence-electron chi connectivity index (χ2n) is 10.8. The Hall–Kier alpha value is -2.33. The van der Waals surface area contributed by atoms with E-state index in [9.17, 15) is 13.2 Å². The lowest BCUT2D eigenvalue weighted by atomic mass is 9.85. The van der Waals surface area contributed by atoms with Crippen LogP contribution in [0.3, 0.4) is 0 Å². The topological polar surface area (TPSA) is 97.4 Å². The number of nitrogens with one attached hydrogen (secondary N) is 2. The Kier molecular flexibility index (Phi) is 8.47. The van der Waals surface area contributed by atoms with Crippen LogP contribution in [-0.4, -0.2) is 44.6 Å². The third-order valence-corrected chi connectivity index (χ3v) is 10.3. The summed E-state index contributed by atoms with van der Waals surface area (Å²) in [4.78, 5) is 19.4. The van der Waals surface area contributed by atoms with E-state index in [1.807, 2.05) is 44.2 Å². The van der Waals surface area contributed by atoms with Gasteiger partial charge in [-0.1, -0.05) is 62.4 Å². The van der Waals surface area contributed by atoms with Gasteiger partial charge in [-0.2, -0.15) is 0 Å². The maximum absolute atomic E-state index is 13.3. The summed E-state index contributed by atoms with van der Waals surface area (Å²) < 4.78 is 34.4. The van der Waals surface area contributed by atoms with E-state index in [2.05, 4.69) is 10.0 Å². The van der Waals surface area contributed by atoms with E-state index in [4.69, 9.17) is 9.72 Å². The van der Waals surface area contributed by atoms with Crippen molar-refractivity contribution in [3.63, 3.8) is 0 Å². The van der Waals surface area contributed by atoms with Gasteiger partial charge >= 0.3 is 0 Å². The summed E-state index contributed by atoms with van der Waals surface area (Å²) in [6.07, 6.45) is 8.56. The molecule has 0 bridgehead atoms. The molecule has 2 N–H and O–H groups in total. The maximum Gasteiger partial charge on any atom is 0.280 e. The van der Waals surface area contributed by atoms with Crippen molar-refractivity contribution in [2.45, 2.75) is 82.2 Å². The van der Waals surface area contributed by atoms with Crippen molar-refractivity contribution >= 4 is 38.0 Å². The number of nitrogens with zero attached hydrogens (tertiary/aromatic N) is 1. The fraction of sp³-hybridized carbons (Fsp3) is 0.517. The van der Waals surface area contributed by atoms with Crippen LogP contribution in [0, 0.1) is 5.92 Å². The Morgan fingerprint density at radius 1 is 1.03 bits per heavy atom. The van der Waals surface area contributed by atoms with Crippen molar-refractivity contribution in [1.29, 1.82) is 0 Å². The van der Waals surface area contributed by atoms with Gasteiger partial charge in [-0.3, -0.25) is 4.79 Å². The van der Waals surface area contributed by atoms with Crippen LogP contribution in [0.1, 0.15) is 74.3 Å². The minimum Gasteiger partial charge on any atom is -0.381 e. The molecule has 204 valence electrons. The fourth-order valence-electron chi connectivity index (χ4n) is 5.63. The number of amides is 1. The molecule has 1 aliphatic heterocycles. The highest BCUT2D eigenvalue weighted by molar-refractivity contribution is 7.89. The molecule has 0 unspecified atom stereocenters. The van der Waals surface area contributed by atoms with E-state index in [0.29, 0.717) is 29.5 Å². The van der Waals surface area contributed by atoms with Crippen molar-refractivity contribution in [2.24, 2.45) is 5.92 Å². The maximum atomic E-state index is 13.3. The van der Waals surface area contributed by atoms with Gasteiger partial charge < -0.3 is 10.1 Å². The molecule has 7 nitrogen and oxygen atoms in total. The number of rotatable bonds is 8. The molecule has 2 aliphatic rings. The predicted octanol–water partition coefficient (Wildman–Crippen LogP) is 5.68.